The van der Waals surface area contributed by atoms with Crippen LogP contribution < -0.4 is 10.2 Å². The number of ether oxygens (including phenoxy) is 1. The van der Waals surface area contributed by atoms with Crippen molar-refractivity contribution >= 4 is 33.9 Å². The Hall–Kier alpha value is -2.78. The van der Waals surface area contributed by atoms with Crippen molar-refractivity contribution in [1.82, 2.24) is 0 Å². The number of nitro groups is 1. The summed E-state index contributed by atoms with van der Waals surface area (Å²) < 4.78 is 5.21. The van der Waals surface area contributed by atoms with Gasteiger partial charge in [0.2, 0.25) is 0 Å². The summed E-state index contributed by atoms with van der Waals surface area (Å²) in [5.74, 6) is -0.849. The lowest BCUT2D eigenvalue weighted by Gasteiger charge is -2.22. The number of fused-ring (bicyclic) bond motifs is 1. The molecule has 0 spiro atoms. The molecule has 1 aliphatic heterocycles. The summed E-state index contributed by atoms with van der Waals surface area (Å²) >= 11 is 1.40. The fourth-order valence-electron chi connectivity index (χ4n) is 3.26. The minimum absolute atomic E-state index is 0.0852. The summed E-state index contributed by atoms with van der Waals surface area (Å²) in [7, 11) is 0. The van der Waals surface area contributed by atoms with Gasteiger partial charge in [0.05, 0.1) is 35.1 Å². The Balaban J connectivity index is 1.90. The lowest BCUT2D eigenvalue weighted by molar-refractivity contribution is -0.913. The highest BCUT2D eigenvalue weighted by Crippen LogP contribution is 2.35. The highest BCUT2D eigenvalue weighted by atomic mass is 32.1. The van der Waals surface area contributed by atoms with Gasteiger partial charge in [0.15, 0.2) is 0 Å². The molecule has 148 valence electrons. The van der Waals surface area contributed by atoms with Crippen LogP contribution in [0.15, 0.2) is 24.3 Å². The van der Waals surface area contributed by atoms with Gasteiger partial charge in [0.1, 0.15) is 11.5 Å². The number of carbonyl (C=O) groups is 2. The summed E-state index contributed by atoms with van der Waals surface area (Å²) in [6, 6.07) is 5.36. The Kier molecular flexibility index (Phi) is 6.05. The number of carbonyl (C=O) groups excluding carboxylic acids is 2. The first-order valence-corrected chi connectivity index (χ1v) is 9.97. The molecule has 0 aliphatic carbocycles. The molecule has 28 heavy (non-hydrogen) atoms. The lowest BCUT2D eigenvalue weighted by atomic mass is 10.0. The molecule has 2 N–H and O–H groups in total. The average Bonchev–Trinajstić information content (AvgIpc) is 3.04. The van der Waals surface area contributed by atoms with Gasteiger partial charge in [-0.15, -0.1) is 11.3 Å². The molecule has 8 nitrogen and oxygen atoms in total. The summed E-state index contributed by atoms with van der Waals surface area (Å²) in [6.45, 7) is 6.87. The second kappa shape index (κ2) is 8.49. The van der Waals surface area contributed by atoms with Crippen molar-refractivity contribution in [3.8, 4) is 0 Å². The van der Waals surface area contributed by atoms with Gasteiger partial charge in [-0.3, -0.25) is 14.9 Å². The average molecular weight is 404 g/mol. The first kappa shape index (κ1) is 20.0. The fraction of sp³-hybridized carbons (Fsp3) is 0.368. The van der Waals surface area contributed by atoms with Crippen LogP contribution in [0, 0.1) is 10.1 Å². The monoisotopic (exact) mass is 404 g/mol. The minimum atomic E-state index is -0.518. The molecule has 0 bridgehead atoms. The standard InChI is InChI=1S/C19H21N3O5S/c1-3-21-10-9-14-15(11-21)28-18(16(14)19(24)27-4-2)20-17(23)12-5-7-13(8-6-12)22(25)26/h5-8H,3-4,9-11H2,1-2H3,(H,20,23)/p+1. The third-order valence-electron chi connectivity index (χ3n) is 4.78. The first-order chi connectivity index (χ1) is 13.4. The smallest absolute Gasteiger partial charge is 0.341 e. The quantitative estimate of drug-likeness (QED) is 0.436. The maximum Gasteiger partial charge on any atom is 0.341 e. The molecule has 3 rings (SSSR count). The van der Waals surface area contributed by atoms with Gasteiger partial charge >= 0.3 is 5.97 Å². The van der Waals surface area contributed by atoms with Crippen molar-refractivity contribution in [3.05, 3.63) is 55.9 Å². The van der Waals surface area contributed by atoms with Crippen molar-refractivity contribution in [2.24, 2.45) is 0 Å². The molecule has 1 atom stereocenters. The van der Waals surface area contributed by atoms with Gasteiger partial charge < -0.3 is 15.0 Å². The van der Waals surface area contributed by atoms with Crippen LogP contribution in [0.25, 0.3) is 0 Å². The molecule has 1 unspecified atom stereocenters. The zero-order valence-corrected chi connectivity index (χ0v) is 16.6. The number of likely N-dealkylation sites (N-methyl/N-ethyl adjacent to an activating group) is 1. The Morgan fingerprint density at radius 3 is 2.61 bits per heavy atom. The number of nitrogens with one attached hydrogen (secondary N) is 2. The van der Waals surface area contributed by atoms with E-state index in [0.717, 1.165) is 36.5 Å². The number of rotatable bonds is 6. The number of amides is 1. The SMILES string of the molecule is CCOC(=O)c1c(NC(=O)c2ccc([N+](=O)[O-])cc2)sc2c1CC[NH+](CC)C2. The Labute approximate surface area is 166 Å². The first-order valence-electron chi connectivity index (χ1n) is 9.15. The number of hydrogen-bond donors (Lipinski definition) is 2. The van der Waals surface area contributed by atoms with Crippen LogP contribution in [0.2, 0.25) is 0 Å². The molecule has 2 heterocycles. The van der Waals surface area contributed by atoms with E-state index in [0.29, 0.717) is 10.6 Å². The predicted molar refractivity (Wildman–Crippen MR) is 105 cm³/mol. The predicted octanol–water partition coefficient (Wildman–Crippen LogP) is 2.05. The molecule has 1 aromatic carbocycles. The van der Waals surface area contributed by atoms with Crippen molar-refractivity contribution in [2.75, 3.05) is 25.0 Å². The third kappa shape index (κ3) is 4.05. The zero-order valence-electron chi connectivity index (χ0n) is 15.7. The largest absolute Gasteiger partial charge is 0.462 e. The van der Waals surface area contributed by atoms with Gasteiger partial charge in [-0.2, -0.15) is 0 Å². The van der Waals surface area contributed by atoms with Crippen LogP contribution in [0.1, 0.15) is 45.0 Å². The number of non-ortho nitro benzene ring substituents is 1. The number of nitro benzene ring substituents is 1. The zero-order chi connectivity index (χ0) is 20.3. The fourth-order valence-corrected chi connectivity index (χ4v) is 4.56. The molecule has 0 radical (unpaired) electrons. The van der Waals surface area contributed by atoms with E-state index in [4.69, 9.17) is 4.74 Å². The molecule has 9 heteroatoms. The summed E-state index contributed by atoms with van der Waals surface area (Å²) in [6.07, 6.45) is 0.760. The molecule has 1 aliphatic rings. The summed E-state index contributed by atoms with van der Waals surface area (Å²) in [5.41, 5.74) is 1.59. The van der Waals surface area contributed by atoms with Crippen molar-refractivity contribution in [2.45, 2.75) is 26.8 Å². The van der Waals surface area contributed by atoms with Gasteiger partial charge in [-0.05, 0) is 31.5 Å². The Morgan fingerprint density at radius 2 is 2.00 bits per heavy atom. The summed E-state index contributed by atoms with van der Waals surface area (Å²) in [4.78, 5) is 37.9. The van der Waals surface area contributed by atoms with Gasteiger partial charge in [0, 0.05) is 24.1 Å². The van der Waals surface area contributed by atoms with E-state index >= 15 is 0 Å². The molecular formula is C19H22N3O5S+. The van der Waals surface area contributed by atoms with Crippen molar-refractivity contribution in [3.63, 3.8) is 0 Å². The number of hydrogen-bond acceptors (Lipinski definition) is 6. The molecule has 1 aromatic heterocycles. The molecular weight excluding hydrogens is 382 g/mol. The van der Waals surface area contributed by atoms with Gasteiger partial charge in [-0.1, -0.05) is 0 Å². The van der Waals surface area contributed by atoms with E-state index in [1.54, 1.807) is 6.92 Å². The van der Waals surface area contributed by atoms with Gasteiger partial charge in [0.25, 0.3) is 11.6 Å². The number of thiophene rings is 1. The topological polar surface area (TPSA) is 103 Å². The van der Waals surface area contributed by atoms with Crippen LogP contribution in [0.3, 0.4) is 0 Å². The second-order valence-corrected chi connectivity index (χ2v) is 7.57. The molecule has 0 fully saturated rings. The van der Waals surface area contributed by atoms with Crippen LogP contribution in [0.4, 0.5) is 10.7 Å². The van der Waals surface area contributed by atoms with Crippen LogP contribution in [0.5, 0.6) is 0 Å². The maximum absolute atomic E-state index is 12.6. The van der Waals surface area contributed by atoms with E-state index in [9.17, 15) is 19.7 Å². The van der Waals surface area contributed by atoms with Crippen LogP contribution in [-0.2, 0) is 17.7 Å². The number of anilines is 1. The molecule has 0 saturated carbocycles. The Bertz CT molecular complexity index is 907. The van der Waals surface area contributed by atoms with Crippen LogP contribution in [-0.4, -0.2) is 36.5 Å². The molecule has 2 aromatic rings. The number of nitrogens with zero attached hydrogens (tertiary/aromatic N) is 1. The van der Waals surface area contributed by atoms with Crippen molar-refractivity contribution in [1.29, 1.82) is 0 Å². The van der Waals surface area contributed by atoms with E-state index in [2.05, 4.69) is 12.2 Å². The van der Waals surface area contributed by atoms with Crippen molar-refractivity contribution < 1.29 is 24.1 Å². The number of esters is 1. The van der Waals surface area contributed by atoms with E-state index < -0.39 is 16.8 Å². The Morgan fingerprint density at radius 1 is 1.29 bits per heavy atom. The molecule has 1 amide bonds. The number of quaternary nitrogens is 1. The minimum Gasteiger partial charge on any atom is -0.462 e. The highest BCUT2D eigenvalue weighted by molar-refractivity contribution is 7.17. The van der Waals surface area contributed by atoms with Crippen LogP contribution >= 0.6 is 11.3 Å². The number of benzene rings is 1. The van der Waals surface area contributed by atoms with E-state index in [1.165, 1.54) is 40.5 Å². The molecule has 0 saturated heterocycles. The van der Waals surface area contributed by atoms with E-state index in [-0.39, 0.29) is 17.9 Å². The highest BCUT2D eigenvalue weighted by Gasteiger charge is 2.31. The third-order valence-corrected chi connectivity index (χ3v) is 5.92. The lowest BCUT2D eigenvalue weighted by Crippen LogP contribution is -3.11. The van der Waals surface area contributed by atoms with Gasteiger partial charge in [-0.25, -0.2) is 4.79 Å². The van der Waals surface area contributed by atoms with E-state index in [1.807, 2.05) is 0 Å². The second-order valence-electron chi connectivity index (χ2n) is 6.47. The normalized spacial score (nSPS) is 15.6. The summed E-state index contributed by atoms with van der Waals surface area (Å²) in [5, 5.41) is 14.1. The maximum atomic E-state index is 12.6.